The lowest BCUT2D eigenvalue weighted by Crippen LogP contribution is -2.43. The number of carbonyl (C=O) groups excluding carboxylic acids is 1. The van der Waals surface area contributed by atoms with Gasteiger partial charge in [-0.25, -0.2) is 13.8 Å². The molecular weight excluding hydrogens is 548 g/mol. The van der Waals surface area contributed by atoms with Crippen molar-refractivity contribution in [3.63, 3.8) is 0 Å². The third kappa shape index (κ3) is 7.10. The number of aromatic nitrogens is 2. The second-order valence-corrected chi connectivity index (χ2v) is 10.9. The number of aromatic amines is 1. The van der Waals surface area contributed by atoms with Gasteiger partial charge in [-0.3, -0.25) is 23.7 Å². The van der Waals surface area contributed by atoms with Crippen LogP contribution in [-0.4, -0.2) is 57.8 Å². The zero-order chi connectivity index (χ0) is 28.1. The molecule has 1 saturated heterocycles. The summed E-state index contributed by atoms with van der Waals surface area (Å²) in [6.45, 7) is 3.81. The minimum absolute atomic E-state index is 0.0302. The predicted octanol–water partition coefficient (Wildman–Crippen LogP) is 2.70. The highest BCUT2D eigenvalue weighted by Crippen LogP contribution is 2.48. The van der Waals surface area contributed by atoms with Crippen molar-refractivity contribution >= 4 is 25.3 Å². The molecule has 210 valence electrons. The van der Waals surface area contributed by atoms with Crippen LogP contribution in [0.15, 0.2) is 46.1 Å². The second kappa shape index (κ2) is 12.5. The molecule has 15 heteroatoms. The Labute approximate surface area is 222 Å². The molecule has 12 nitrogen and oxygen atoms in total. The number of benzene rings is 1. The van der Waals surface area contributed by atoms with Crippen LogP contribution in [0.25, 0.3) is 0 Å². The minimum Gasteiger partial charge on any atom is -0.465 e. The molecule has 1 fully saturated rings. The van der Waals surface area contributed by atoms with Crippen molar-refractivity contribution in [2.75, 3.05) is 13.2 Å². The van der Waals surface area contributed by atoms with Crippen molar-refractivity contribution in [3.8, 4) is 5.75 Å². The van der Waals surface area contributed by atoms with Gasteiger partial charge >= 0.3 is 19.4 Å². The van der Waals surface area contributed by atoms with Gasteiger partial charge in [0, 0.05) is 12.3 Å². The van der Waals surface area contributed by atoms with Crippen LogP contribution in [-0.2, 0) is 23.4 Å². The molecule has 0 radical (unpaired) electrons. The van der Waals surface area contributed by atoms with Gasteiger partial charge in [0.05, 0.1) is 18.2 Å². The summed E-state index contributed by atoms with van der Waals surface area (Å²) in [7, 11) is -4.41. The summed E-state index contributed by atoms with van der Waals surface area (Å²) < 4.78 is 51.7. The molecule has 1 aliphatic heterocycles. The van der Waals surface area contributed by atoms with E-state index in [0.29, 0.717) is 6.42 Å². The number of alkyl halides is 1. The lowest BCUT2D eigenvalue weighted by atomic mass is 9.98. The number of ether oxygens (including phenoxy) is 2. The molecule has 3 rings (SSSR count). The summed E-state index contributed by atoms with van der Waals surface area (Å²) >= 11 is 6.12. The highest BCUT2D eigenvalue weighted by molar-refractivity contribution is 7.52. The van der Waals surface area contributed by atoms with E-state index < -0.39 is 61.7 Å². The van der Waals surface area contributed by atoms with Crippen LogP contribution in [0.5, 0.6) is 5.75 Å². The van der Waals surface area contributed by atoms with Gasteiger partial charge in [0.1, 0.15) is 24.0 Å². The Morgan fingerprint density at radius 2 is 2.08 bits per heavy atom. The first-order chi connectivity index (χ1) is 17.9. The van der Waals surface area contributed by atoms with Crippen LogP contribution in [0.2, 0.25) is 5.02 Å². The Hall–Kier alpha value is -2.54. The van der Waals surface area contributed by atoms with Crippen molar-refractivity contribution in [1.29, 1.82) is 0 Å². The molecule has 6 atom stereocenters. The molecule has 1 aliphatic rings. The number of hydrogen-bond acceptors (Lipinski definition) is 9. The van der Waals surface area contributed by atoms with Crippen molar-refractivity contribution in [1.82, 2.24) is 14.6 Å². The highest BCUT2D eigenvalue weighted by atomic mass is 35.5. The summed E-state index contributed by atoms with van der Waals surface area (Å²) in [4.78, 5) is 37.9. The first kappa shape index (κ1) is 30.0. The number of rotatable bonds is 12. The van der Waals surface area contributed by atoms with E-state index in [-0.39, 0.29) is 17.4 Å². The molecule has 0 spiro atoms. The van der Waals surface area contributed by atoms with E-state index in [1.165, 1.54) is 19.1 Å². The van der Waals surface area contributed by atoms with Gasteiger partial charge in [0.15, 0.2) is 11.9 Å². The van der Waals surface area contributed by atoms with E-state index in [4.69, 9.17) is 30.1 Å². The standard InChI is InChI=1S/C23H30ClFN3O9P/c1-4-5-12-34-20(31)14(2)27-38(33,37-16-9-7-6-8-15(16)24)35-13-17-19(30)23(3,25)21(36-17)28-11-10-18(29)26-22(28)32/h6-11,14,17,19,21,30H,4-5,12-13H2,1-3H3,(H,27,33)(H,26,29,32)/t14-,17+,19+,21+,23+,38?/m0/s1. The summed E-state index contributed by atoms with van der Waals surface area (Å²) in [6, 6.07) is 5.93. The number of nitrogens with zero attached hydrogens (tertiary/aromatic N) is 1. The van der Waals surface area contributed by atoms with Gasteiger partial charge in [-0.2, -0.15) is 5.09 Å². The summed E-state index contributed by atoms with van der Waals surface area (Å²) in [5.74, 6) is -0.742. The van der Waals surface area contributed by atoms with Crippen LogP contribution in [0.4, 0.5) is 4.39 Å². The Kier molecular flexibility index (Phi) is 9.91. The predicted molar refractivity (Wildman–Crippen MR) is 135 cm³/mol. The van der Waals surface area contributed by atoms with E-state index in [1.807, 2.05) is 11.9 Å². The first-order valence-electron chi connectivity index (χ1n) is 11.8. The van der Waals surface area contributed by atoms with Crippen LogP contribution >= 0.6 is 19.3 Å². The monoisotopic (exact) mass is 577 g/mol. The molecule has 0 bridgehead atoms. The minimum atomic E-state index is -4.41. The Bertz CT molecular complexity index is 1290. The normalized spacial score (nSPS) is 25.5. The average Bonchev–Trinajstić information content (AvgIpc) is 3.08. The SMILES string of the molecule is CCCCOC(=O)[C@H](C)NP(=O)(OC[C@H]1O[C@@H](n2ccc(=O)[nH]c2=O)[C@](C)(F)[C@@H]1O)Oc1ccccc1Cl. The molecule has 1 unspecified atom stereocenters. The van der Waals surface area contributed by atoms with E-state index in [9.17, 15) is 24.1 Å². The molecule has 0 aliphatic carbocycles. The molecule has 0 saturated carbocycles. The van der Waals surface area contributed by atoms with E-state index in [2.05, 4.69) is 5.09 Å². The molecule has 2 aromatic rings. The Morgan fingerprint density at radius 3 is 2.74 bits per heavy atom. The van der Waals surface area contributed by atoms with E-state index in [1.54, 1.807) is 12.1 Å². The van der Waals surface area contributed by atoms with Gasteiger partial charge < -0.3 is 19.1 Å². The maximum absolute atomic E-state index is 15.5. The number of carbonyl (C=O) groups is 1. The number of hydrogen-bond donors (Lipinski definition) is 3. The number of para-hydroxylation sites is 1. The third-order valence-corrected chi connectivity index (χ3v) is 7.67. The molecule has 1 aromatic heterocycles. The van der Waals surface area contributed by atoms with Crippen molar-refractivity contribution in [3.05, 3.63) is 62.4 Å². The topological polar surface area (TPSA) is 158 Å². The van der Waals surface area contributed by atoms with Crippen LogP contribution in [0, 0.1) is 0 Å². The fourth-order valence-electron chi connectivity index (χ4n) is 3.60. The van der Waals surface area contributed by atoms with Gasteiger partial charge in [-0.1, -0.05) is 37.1 Å². The average molecular weight is 578 g/mol. The van der Waals surface area contributed by atoms with E-state index in [0.717, 1.165) is 30.2 Å². The van der Waals surface area contributed by atoms with Crippen LogP contribution in [0.3, 0.4) is 0 Å². The number of H-pyrrole nitrogens is 1. The molecule has 3 N–H and O–H groups in total. The van der Waals surface area contributed by atoms with E-state index >= 15 is 4.39 Å². The van der Waals surface area contributed by atoms with Gasteiger partial charge in [0.25, 0.3) is 5.56 Å². The third-order valence-electron chi connectivity index (χ3n) is 5.73. The Balaban J connectivity index is 1.80. The van der Waals surface area contributed by atoms with Crippen molar-refractivity contribution < 1.29 is 37.4 Å². The number of esters is 1. The smallest absolute Gasteiger partial charge is 0.459 e. The number of unbranched alkanes of at least 4 members (excludes halogenated alkanes) is 1. The molecular formula is C23H30ClFN3O9P. The lowest BCUT2D eigenvalue weighted by Gasteiger charge is -2.25. The second-order valence-electron chi connectivity index (χ2n) is 8.83. The van der Waals surface area contributed by atoms with Crippen molar-refractivity contribution in [2.45, 2.75) is 63.8 Å². The van der Waals surface area contributed by atoms with Crippen molar-refractivity contribution in [2.24, 2.45) is 0 Å². The fourth-order valence-corrected chi connectivity index (χ4v) is 5.35. The molecule has 0 amide bonds. The number of nitrogens with one attached hydrogen (secondary N) is 2. The number of halogens is 2. The largest absolute Gasteiger partial charge is 0.465 e. The lowest BCUT2D eigenvalue weighted by molar-refractivity contribution is -0.145. The van der Waals surface area contributed by atoms with Gasteiger partial charge in [-0.05, 0) is 32.4 Å². The summed E-state index contributed by atoms with van der Waals surface area (Å²) in [5, 5.41) is 13.2. The quantitative estimate of drug-likeness (QED) is 0.194. The Morgan fingerprint density at radius 1 is 1.37 bits per heavy atom. The number of aliphatic hydroxyl groups is 1. The number of aliphatic hydroxyl groups excluding tert-OH is 1. The van der Waals surface area contributed by atoms with Gasteiger partial charge in [0.2, 0.25) is 0 Å². The zero-order valence-corrected chi connectivity index (χ0v) is 22.6. The fraction of sp³-hybridized carbons (Fsp3) is 0.522. The molecule has 1 aromatic carbocycles. The van der Waals surface area contributed by atoms with Crippen LogP contribution in [0.1, 0.15) is 39.8 Å². The molecule has 2 heterocycles. The highest BCUT2D eigenvalue weighted by Gasteiger charge is 2.56. The van der Waals surface area contributed by atoms with Crippen LogP contribution < -0.4 is 20.9 Å². The first-order valence-corrected chi connectivity index (χ1v) is 13.8. The zero-order valence-electron chi connectivity index (χ0n) is 21.0. The van der Waals surface area contributed by atoms with Gasteiger partial charge in [-0.15, -0.1) is 0 Å². The maximum Gasteiger partial charge on any atom is 0.459 e. The molecule has 38 heavy (non-hydrogen) atoms. The summed E-state index contributed by atoms with van der Waals surface area (Å²) in [6.07, 6.45) is -2.43. The summed E-state index contributed by atoms with van der Waals surface area (Å²) in [5.41, 5.74) is -4.16. The maximum atomic E-state index is 15.5.